The molecule has 0 unspecified atom stereocenters. The third-order valence-corrected chi connectivity index (χ3v) is 6.33. The van der Waals surface area contributed by atoms with E-state index < -0.39 is 0 Å². The lowest BCUT2D eigenvalue weighted by Crippen LogP contribution is -2.46. The average molecular weight is 574 g/mol. The first-order valence-electron chi connectivity index (χ1n) is 12.4. The number of guanidine groups is 1. The Bertz CT molecular complexity index is 635. The molecule has 0 bridgehead atoms. The summed E-state index contributed by atoms with van der Waals surface area (Å²) in [6.45, 7) is 12.1. The van der Waals surface area contributed by atoms with E-state index in [9.17, 15) is 0 Å². The van der Waals surface area contributed by atoms with Crippen molar-refractivity contribution in [3.8, 4) is 0 Å². The van der Waals surface area contributed by atoms with Gasteiger partial charge in [0.1, 0.15) is 0 Å². The Balaban J connectivity index is 0.00000385. The molecule has 188 valence electrons. The van der Waals surface area contributed by atoms with Gasteiger partial charge < -0.3 is 25.0 Å². The molecule has 1 aromatic rings. The second-order valence-electron chi connectivity index (χ2n) is 8.87. The van der Waals surface area contributed by atoms with Gasteiger partial charge in [0, 0.05) is 79.3 Å². The van der Waals surface area contributed by atoms with Crippen LogP contribution in [0.5, 0.6) is 0 Å². The van der Waals surface area contributed by atoms with E-state index in [1.807, 2.05) is 7.05 Å². The molecule has 0 radical (unpaired) electrons. The average Bonchev–Trinajstić information content (AvgIpc) is 2.85. The lowest BCUT2D eigenvalue weighted by atomic mass is 10.0. The van der Waals surface area contributed by atoms with Crippen molar-refractivity contribution < 1.29 is 9.47 Å². The van der Waals surface area contributed by atoms with Crippen LogP contribution < -0.4 is 10.6 Å². The van der Waals surface area contributed by atoms with Gasteiger partial charge >= 0.3 is 0 Å². The van der Waals surface area contributed by atoms with Gasteiger partial charge in [-0.25, -0.2) is 0 Å². The second kappa shape index (κ2) is 17.5. The fourth-order valence-corrected chi connectivity index (χ4v) is 4.29. The van der Waals surface area contributed by atoms with E-state index in [2.05, 4.69) is 55.8 Å². The van der Waals surface area contributed by atoms with Crippen LogP contribution in [0.4, 0.5) is 0 Å². The third-order valence-electron chi connectivity index (χ3n) is 6.33. The van der Waals surface area contributed by atoms with Crippen LogP contribution in [0.2, 0.25) is 0 Å². The molecule has 2 saturated heterocycles. The van der Waals surface area contributed by atoms with Gasteiger partial charge in [-0.15, -0.1) is 24.0 Å². The highest BCUT2D eigenvalue weighted by Crippen LogP contribution is 2.14. The summed E-state index contributed by atoms with van der Waals surface area (Å²) in [6.07, 6.45) is 4.40. The maximum atomic E-state index is 5.83. The van der Waals surface area contributed by atoms with Gasteiger partial charge in [-0.3, -0.25) is 9.89 Å². The van der Waals surface area contributed by atoms with E-state index in [0.29, 0.717) is 5.92 Å². The predicted molar refractivity (Wildman–Crippen MR) is 147 cm³/mol. The summed E-state index contributed by atoms with van der Waals surface area (Å²) in [6, 6.07) is 10.8. The van der Waals surface area contributed by atoms with Crippen molar-refractivity contribution >= 4 is 29.9 Å². The number of rotatable bonds is 12. The molecule has 0 aliphatic carbocycles. The summed E-state index contributed by atoms with van der Waals surface area (Å²) in [4.78, 5) is 9.47. The van der Waals surface area contributed by atoms with Gasteiger partial charge in [0.15, 0.2) is 5.96 Å². The van der Waals surface area contributed by atoms with Gasteiger partial charge in [-0.1, -0.05) is 30.3 Å². The number of hydrogen-bond donors (Lipinski definition) is 2. The van der Waals surface area contributed by atoms with E-state index >= 15 is 0 Å². The van der Waals surface area contributed by atoms with Crippen LogP contribution in [-0.4, -0.2) is 95.0 Å². The first-order chi connectivity index (χ1) is 15.8. The van der Waals surface area contributed by atoms with E-state index in [-0.39, 0.29) is 24.0 Å². The Hall–Kier alpha value is -0.940. The summed E-state index contributed by atoms with van der Waals surface area (Å²) in [5.41, 5.74) is 1.41. The first-order valence-corrected chi connectivity index (χ1v) is 12.4. The van der Waals surface area contributed by atoms with Crippen molar-refractivity contribution in [3.63, 3.8) is 0 Å². The summed E-state index contributed by atoms with van der Waals surface area (Å²) in [5.74, 6) is 1.57. The molecule has 0 saturated carbocycles. The molecule has 33 heavy (non-hydrogen) atoms. The Morgan fingerprint density at radius 3 is 2.36 bits per heavy atom. The Kier molecular flexibility index (Phi) is 15.0. The molecule has 1 aromatic carbocycles. The maximum absolute atomic E-state index is 5.83. The van der Waals surface area contributed by atoms with Crippen LogP contribution in [0.1, 0.15) is 31.2 Å². The summed E-state index contributed by atoms with van der Waals surface area (Å²) in [5, 5.41) is 6.83. The molecule has 8 heteroatoms. The quantitative estimate of drug-likeness (QED) is 0.174. The smallest absolute Gasteiger partial charge is 0.190 e. The van der Waals surface area contributed by atoms with E-state index in [4.69, 9.17) is 9.47 Å². The lowest BCUT2D eigenvalue weighted by Gasteiger charge is -2.34. The number of aliphatic imine (C=N–C) groups is 1. The van der Waals surface area contributed by atoms with Crippen molar-refractivity contribution in [2.75, 3.05) is 79.3 Å². The number of nitrogens with zero attached hydrogens (tertiary/aromatic N) is 3. The molecule has 2 aliphatic rings. The van der Waals surface area contributed by atoms with Crippen molar-refractivity contribution in [1.82, 2.24) is 20.4 Å². The molecule has 0 atom stereocenters. The van der Waals surface area contributed by atoms with Crippen molar-refractivity contribution in [1.29, 1.82) is 0 Å². The molecule has 2 N–H and O–H groups in total. The zero-order valence-corrected chi connectivity index (χ0v) is 22.7. The molecule has 0 amide bonds. The fraction of sp³-hybridized carbons (Fsp3) is 0.720. The lowest BCUT2D eigenvalue weighted by molar-refractivity contribution is 0.0203. The Morgan fingerprint density at radius 2 is 1.67 bits per heavy atom. The highest BCUT2D eigenvalue weighted by Gasteiger charge is 2.16. The number of hydrogen-bond acceptors (Lipinski definition) is 5. The zero-order valence-electron chi connectivity index (χ0n) is 20.3. The van der Waals surface area contributed by atoms with Gasteiger partial charge in [0.25, 0.3) is 0 Å². The van der Waals surface area contributed by atoms with E-state index in [1.54, 1.807) is 0 Å². The van der Waals surface area contributed by atoms with Gasteiger partial charge in [-0.05, 0) is 43.7 Å². The molecule has 2 fully saturated rings. The summed E-state index contributed by atoms with van der Waals surface area (Å²) >= 11 is 0. The van der Waals surface area contributed by atoms with Crippen molar-refractivity contribution in [2.45, 2.75) is 32.2 Å². The molecule has 3 rings (SSSR count). The molecule has 2 heterocycles. The van der Waals surface area contributed by atoms with Crippen LogP contribution in [0, 0.1) is 5.92 Å². The number of ether oxygens (including phenoxy) is 2. The van der Waals surface area contributed by atoms with Crippen LogP contribution in [0.3, 0.4) is 0 Å². The van der Waals surface area contributed by atoms with E-state index in [0.717, 1.165) is 110 Å². The molecule has 2 aliphatic heterocycles. The Morgan fingerprint density at radius 1 is 1.00 bits per heavy atom. The molecular formula is C25H44IN5O2. The monoisotopic (exact) mass is 573 g/mol. The minimum atomic E-state index is 0. The zero-order chi connectivity index (χ0) is 22.3. The second-order valence-corrected chi connectivity index (χ2v) is 8.87. The Labute approximate surface area is 217 Å². The molecular weight excluding hydrogens is 529 g/mol. The van der Waals surface area contributed by atoms with Gasteiger partial charge in [-0.2, -0.15) is 0 Å². The van der Waals surface area contributed by atoms with Crippen molar-refractivity contribution in [2.24, 2.45) is 10.9 Å². The number of halogens is 1. The standard InChI is InChI=1S/C25H43N5O2.HI/c1-26-25(28-12-6-18-32-22-24-9-19-31-20-10-24)27-11-5-13-29-14-16-30(17-15-29)21-23-7-3-2-4-8-23;/h2-4,7-8,24H,5-6,9-22H2,1H3,(H2,26,27,28);1H. The number of piperazine rings is 1. The highest BCUT2D eigenvalue weighted by molar-refractivity contribution is 14.0. The number of benzene rings is 1. The van der Waals surface area contributed by atoms with Gasteiger partial charge in [0.05, 0.1) is 0 Å². The minimum absolute atomic E-state index is 0. The minimum Gasteiger partial charge on any atom is -0.381 e. The topological polar surface area (TPSA) is 61.4 Å². The molecule has 0 spiro atoms. The third kappa shape index (κ3) is 11.8. The van der Waals surface area contributed by atoms with E-state index in [1.165, 1.54) is 5.56 Å². The largest absolute Gasteiger partial charge is 0.381 e. The van der Waals surface area contributed by atoms with Crippen LogP contribution >= 0.6 is 24.0 Å². The fourth-order valence-electron chi connectivity index (χ4n) is 4.29. The SMILES string of the molecule is CN=C(NCCCOCC1CCOCC1)NCCCN1CCN(Cc2ccccc2)CC1.I. The summed E-state index contributed by atoms with van der Waals surface area (Å²) < 4.78 is 11.2. The van der Waals surface area contributed by atoms with Crippen LogP contribution in [0.25, 0.3) is 0 Å². The highest BCUT2D eigenvalue weighted by atomic mass is 127. The maximum Gasteiger partial charge on any atom is 0.190 e. The normalized spacial score (nSPS) is 18.6. The summed E-state index contributed by atoms with van der Waals surface area (Å²) in [7, 11) is 1.84. The number of nitrogens with one attached hydrogen (secondary N) is 2. The predicted octanol–water partition coefficient (Wildman–Crippen LogP) is 2.81. The molecule has 0 aromatic heterocycles. The van der Waals surface area contributed by atoms with Crippen LogP contribution in [-0.2, 0) is 16.0 Å². The van der Waals surface area contributed by atoms with Gasteiger partial charge in [0.2, 0.25) is 0 Å². The molecule has 7 nitrogen and oxygen atoms in total. The first kappa shape index (κ1) is 28.3. The van der Waals surface area contributed by atoms with Crippen LogP contribution in [0.15, 0.2) is 35.3 Å². The van der Waals surface area contributed by atoms with Crippen molar-refractivity contribution in [3.05, 3.63) is 35.9 Å².